The molecule has 2 aromatic rings. The molecule has 0 fully saturated rings. The molecule has 0 aliphatic heterocycles. The maximum absolute atomic E-state index is 11.0. The van der Waals surface area contributed by atoms with Gasteiger partial charge < -0.3 is 9.15 Å². The molecule has 0 N–H and O–H groups in total. The van der Waals surface area contributed by atoms with Crippen LogP contribution < -0.4 is 10.4 Å². The number of fused-ring (bicyclic) bond motifs is 1. The molecule has 0 saturated carbocycles. The maximum atomic E-state index is 11.0. The van der Waals surface area contributed by atoms with Gasteiger partial charge in [0.2, 0.25) is 0 Å². The molecular formula is C11H8O4. The van der Waals surface area contributed by atoms with Crippen LogP contribution in [0.2, 0.25) is 0 Å². The lowest BCUT2D eigenvalue weighted by Crippen LogP contribution is -2.03. The Labute approximate surface area is 85.1 Å². The molecule has 0 spiro atoms. The van der Waals surface area contributed by atoms with Gasteiger partial charge in [-0.05, 0) is 12.1 Å². The highest BCUT2D eigenvalue weighted by molar-refractivity contribution is 5.84. The highest BCUT2D eigenvalue weighted by Crippen LogP contribution is 2.23. The Kier molecular flexibility index (Phi) is 2.25. The van der Waals surface area contributed by atoms with Gasteiger partial charge in [0.1, 0.15) is 0 Å². The molecule has 4 heteroatoms. The van der Waals surface area contributed by atoms with Crippen molar-refractivity contribution >= 4 is 16.9 Å². The lowest BCUT2D eigenvalue weighted by atomic mass is 10.2. The first-order valence-electron chi connectivity index (χ1n) is 4.38. The lowest BCUT2D eigenvalue weighted by molar-refractivity contribution is -0.131. The van der Waals surface area contributed by atoms with Crippen LogP contribution >= 0.6 is 0 Å². The minimum absolute atomic E-state index is 0.262. The molecule has 0 saturated heterocycles. The minimum Gasteiger partial charge on any atom is -0.423 e. The molecule has 0 unspecified atom stereocenters. The number of hydrogen-bond acceptors (Lipinski definition) is 4. The van der Waals surface area contributed by atoms with Crippen molar-refractivity contribution in [2.45, 2.75) is 6.92 Å². The number of benzene rings is 1. The van der Waals surface area contributed by atoms with Gasteiger partial charge in [0.15, 0.2) is 11.3 Å². The molecule has 0 atom stereocenters. The minimum atomic E-state index is -0.470. The van der Waals surface area contributed by atoms with Gasteiger partial charge in [-0.1, -0.05) is 12.1 Å². The Morgan fingerprint density at radius 3 is 2.80 bits per heavy atom. The van der Waals surface area contributed by atoms with E-state index < -0.39 is 11.6 Å². The zero-order valence-electron chi connectivity index (χ0n) is 8.02. The van der Waals surface area contributed by atoms with E-state index >= 15 is 0 Å². The summed E-state index contributed by atoms with van der Waals surface area (Å²) in [4.78, 5) is 21.8. The molecule has 76 valence electrons. The highest BCUT2D eigenvalue weighted by atomic mass is 16.5. The zero-order chi connectivity index (χ0) is 10.8. The predicted molar refractivity (Wildman–Crippen MR) is 53.8 cm³/mol. The second-order valence-corrected chi connectivity index (χ2v) is 3.02. The van der Waals surface area contributed by atoms with Crippen LogP contribution in [0.4, 0.5) is 0 Å². The fourth-order valence-corrected chi connectivity index (χ4v) is 1.30. The van der Waals surface area contributed by atoms with E-state index in [2.05, 4.69) is 0 Å². The summed E-state index contributed by atoms with van der Waals surface area (Å²) in [6, 6.07) is 8.01. The summed E-state index contributed by atoms with van der Waals surface area (Å²) in [7, 11) is 0. The molecule has 0 aliphatic carbocycles. The third-order valence-electron chi connectivity index (χ3n) is 1.86. The fraction of sp³-hybridized carbons (Fsp3) is 0.0909. The van der Waals surface area contributed by atoms with Crippen molar-refractivity contribution in [3.8, 4) is 5.75 Å². The molecule has 1 aromatic heterocycles. The Morgan fingerprint density at radius 1 is 1.27 bits per heavy atom. The molecule has 1 heterocycles. The Bertz CT molecular complexity index is 568. The van der Waals surface area contributed by atoms with Crippen LogP contribution in [0.5, 0.6) is 5.75 Å². The van der Waals surface area contributed by atoms with Crippen LogP contribution in [0, 0.1) is 0 Å². The van der Waals surface area contributed by atoms with Crippen LogP contribution in [-0.2, 0) is 4.79 Å². The molecule has 0 bridgehead atoms. The first-order valence-corrected chi connectivity index (χ1v) is 4.38. The predicted octanol–water partition coefficient (Wildman–Crippen LogP) is 1.72. The van der Waals surface area contributed by atoms with Gasteiger partial charge in [-0.15, -0.1) is 0 Å². The third-order valence-corrected chi connectivity index (χ3v) is 1.86. The van der Waals surface area contributed by atoms with Gasteiger partial charge in [0, 0.05) is 18.4 Å². The third kappa shape index (κ3) is 1.88. The monoisotopic (exact) mass is 204 g/mol. The van der Waals surface area contributed by atoms with Gasteiger partial charge in [0.05, 0.1) is 0 Å². The van der Waals surface area contributed by atoms with Crippen molar-refractivity contribution in [3.63, 3.8) is 0 Å². The molecule has 4 nitrogen and oxygen atoms in total. The van der Waals surface area contributed by atoms with E-state index in [9.17, 15) is 9.59 Å². The molecule has 1 aromatic carbocycles. The molecular weight excluding hydrogens is 196 g/mol. The average molecular weight is 204 g/mol. The number of rotatable bonds is 1. The van der Waals surface area contributed by atoms with Crippen LogP contribution in [0.25, 0.3) is 11.0 Å². The number of para-hydroxylation sites is 1. The Balaban J connectivity index is 2.68. The second kappa shape index (κ2) is 3.57. The zero-order valence-corrected chi connectivity index (χ0v) is 8.02. The van der Waals surface area contributed by atoms with Crippen molar-refractivity contribution in [2.75, 3.05) is 0 Å². The molecule has 0 radical (unpaired) electrons. The van der Waals surface area contributed by atoms with E-state index in [0.29, 0.717) is 11.0 Å². The van der Waals surface area contributed by atoms with Crippen molar-refractivity contribution < 1.29 is 13.9 Å². The first kappa shape index (κ1) is 9.45. The van der Waals surface area contributed by atoms with Gasteiger partial charge >= 0.3 is 11.6 Å². The molecule has 0 aliphatic rings. The largest absolute Gasteiger partial charge is 0.423 e. The van der Waals surface area contributed by atoms with Gasteiger partial charge in [-0.25, -0.2) is 4.79 Å². The number of carbonyl (C=O) groups excluding carboxylic acids is 1. The first-order chi connectivity index (χ1) is 7.16. The summed E-state index contributed by atoms with van der Waals surface area (Å²) < 4.78 is 9.87. The normalized spacial score (nSPS) is 10.2. The molecule has 0 amide bonds. The quantitative estimate of drug-likeness (QED) is 0.403. The lowest BCUT2D eigenvalue weighted by Gasteiger charge is -2.03. The second-order valence-electron chi connectivity index (χ2n) is 3.02. The smallest absolute Gasteiger partial charge is 0.336 e. The van der Waals surface area contributed by atoms with Crippen LogP contribution in [-0.4, -0.2) is 5.97 Å². The van der Waals surface area contributed by atoms with Crippen molar-refractivity contribution in [1.29, 1.82) is 0 Å². The van der Waals surface area contributed by atoms with Crippen LogP contribution in [0.15, 0.2) is 39.5 Å². The SMILES string of the molecule is CC(=O)Oc1cccc2ccc(=O)oc12. The summed E-state index contributed by atoms with van der Waals surface area (Å²) in [6.07, 6.45) is 0. The van der Waals surface area contributed by atoms with Crippen LogP contribution in [0.1, 0.15) is 6.92 Å². The summed E-state index contributed by atoms with van der Waals surface area (Å²) in [5, 5.41) is 0.716. The van der Waals surface area contributed by atoms with Crippen molar-refractivity contribution in [2.24, 2.45) is 0 Å². The van der Waals surface area contributed by atoms with E-state index in [-0.39, 0.29) is 5.75 Å². The Morgan fingerprint density at radius 2 is 2.07 bits per heavy atom. The number of hydrogen-bond donors (Lipinski definition) is 0. The average Bonchev–Trinajstić information content (AvgIpc) is 2.18. The standard InChI is InChI=1S/C11H8O4/c1-7(12)14-9-4-2-3-8-5-6-10(13)15-11(8)9/h2-6H,1H3. The number of esters is 1. The van der Waals surface area contributed by atoms with E-state index in [0.717, 1.165) is 0 Å². The summed E-state index contributed by atoms with van der Waals surface area (Å²) >= 11 is 0. The summed E-state index contributed by atoms with van der Waals surface area (Å²) in [5.74, 6) is -0.188. The maximum Gasteiger partial charge on any atom is 0.336 e. The van der Waals surface area contributed by atoms with Crippen LogP contribution in [0.3, 0.4) is 0 Å². The fourth-order valence-electron chi connectivity index (χ4n) is 1.30. The summed E-state index contributed by atoms with van der Waals surface area (Å²) in [5.41, 5.74) is -0.178. The Hall–Kier alpha value is -2.10. The van der Waals surface area contributed by atoms with E-state index in [1.165, 1.54) is 13.0 Å². The number of carbonyl (C=O) groups is 1. The van der Waals surface area contributed by atoms with Crippen molar-refractivity contribution in [3.05, 3.63) is 40.8 Å². The van der Waals surface area contributed by atoms with Crippen molar-refractivity contribution in [1.82, 2.24) is 0 Å². The molecule has 15 heavy (non-hydrogen) atoms. The number of ether oxygens (including phenoxy) is 1. The van der Waals surface area contributed by atoms with Gasteiger partial charge in [-0.2, -0.15) is 0 Å². The van der Waals surface area contributed by atoms with E-state index in [4.69, 9.17) is 9.15 Å². The van der Waals surface area contributed by atoms with Gasteiger partial charge in [0.25, 0.3) is 0 Å². The van der Waals surface area contributed by atoms with E-state index in [1.807, 2.05) is 0 Å². The highest BCUT2D eigenvalue weighted by Gasteiger charge is 2.06. The topological polar surface area (TPSA) is 56.5 Å². The molecule has 2 rings (SSSR count). The van der Waals surface area contributed by atoms with E-state index in [1.54, 1.807) is 24.3 Å². The van der Waals surface area contributed by atoms with Gasteiger partial charge in [-0.3, -0.25) is 4.79 Å². The summed E-state index contributed by atoms with van der Waals surface area (Å²) in [6.45, 7) is 1.29.